The Labute approximate surface area is 202 Å². The molecule has 0 spiro atoms. The zero-order valence-electron chi connectivity index (χ0n) is 19.8. The van der Waals surface area contributed by atoms with E-state index in [4.69, 9.17) is 19.2 Å². The van der Waals surface area contributed by atoms with Crippen molar-refractivity contribution in [2.75, 3.05) is 6.61 Å². The van der Waals surface area contributed by atoms with Gasteiger partial charge >= 0.3 is 7.82 Å². The number of carbonyl (C=O) groups excluding carboxylic acids is 2. The van der Waals surface area contributed by atoms with Crippen molar-refractivity contribution < 1.29 is 59.5 Å². The highest BCUT2D eigenvalue weighted by atomic mass is 31.2. The lowest BCUT2D eigenvalue weighted by Gasteiger charge is -2.62. The smallest absolute Gasteiger partial charge is 0.412 e. The first-order valence-electron chi connectivity index (χ1n) is 10.9. The van der Waals surface area contributed by atoms with E-state index in [2.05, 4.69) is 0 Å². The zero-order valence-corrected chi connectivity index (χ0v) is 20.7. The average molecular weight is 526 g/mol. The van der Waals surface area contributed by atoms with Gasteiger partial charge in [-0.2, -0.15) is 0 Å². The fraction of sp³-hybridized carbons (Fsp3) is 0.727. The molecule has 10 N–H and O–H groups in total. The van der Waals surface area contributed by atoms with Crippen molar-refractivity contribution in [2.24, 2.45) is 28.6 Å². The number of phosphoric acid groups is 1. The molecule has 0 aromatic rings. The van der Waals surface area contributed by atoms with Gasteiger partial charge in [-0.1, -0.05) is 25.5 Å². The van der Waals surface area contributed by atoms with Gasteiger partial charge in [0.25, 0.3) is 0 Å². The van der Waals surface area contributed by atoms with E-state index >= 15 is 4.39 Å². The Morgan fingerprint density at radius 2 is 1.74 bits per heavy atom. The van der Waals surface area contributed by atoms with E-state index in [0.717, 1.165) is 0 Å². The molecule has 202 valence electrons. The molecule has 0 aromatic heterocycles. The van der Waals surface area contributed by atoms with Gasteiger partial charge in [0.2, 0.25) is 0 Å². The summed E-state index contributed by atoms with van der Waals surface area (Å²) < 4.78 is 25.7. The number of hydrogen-bond acceptors (Lipinski definition) is 6. The number of aliphatic hydroxyl groups excluding tert-OH is 2. The van der Waals surface area contributed by atoms with Crippen LogP contribution in [-0.4, -0.2) is 76.5 Å². The Balaban J connectivity index is 0.000000798. The van der Waals surface area contributed by atoms with Crippen molar-refractivity contribution in [3.8, 4) is 0 Å². The van der Waals surface area contributed by atoms with Crippen molar-refractivity contribution >= 4 is 19.4 Å². The number of allylic oxidation sites excluding steroid dienone is 4. The SMILES string of the molecule is C[C@H]1C[C@H]2[C@@H]3CCC4=CC(=O)C=C[C@]4(C)[C@@]3(F)[C@@H](O)C[C@]2(C)[C@@]1(O)C(=O)CO.O.O.O=P(O)(O)O. The Morgan fingerprint density at radius 1 is 1.20 bits per heavy atom. The Morgan fingerprint density at radius 3 is 2.26 bits per heavy atom. The van der Waals surface area contributed by atoms with Gasteiger partial charge in [0.1, 0.15) is 12.2 Å². The van der Waals surface area contributed by atoms with Gasteiger partial charge in [-0.15, -0.1) is 0 Å². The molecule has 0 unspecified atom stereocenters. The van der Waals surface area contributed by atoms with E-state index in [1.165, 1.54) is 12.2 Å². The van der Waals surface area contributed by atoms with Crippen LogP contribution in [0.2, 0.25) is 0 Å². The first-order valence-corrected chi connectivity index (χ1v) is 12.5. The molecule has 4 rings (SSSR count). The number of rotatable bonds is 2. The lowest BCUT2D eigenvalue weighted by molar-refractivity contribution is -0.219. The lowest BCUT2D eigenvalue weighted by Crippen LogP contribution is -2.69. The summed E-state index contributed by atoms with van der Waals surface area (Å²) in [5, 5.41) is 32.0. The van der Waals surface area contributed by atoms with Crippen LogP contribution in [0.5, 0.6) is 0 Å². The number of hydrogen-bond donors (Lipinski definition) is 6. The van der Waals surface area contributed by atoms with Crippen molar-refractivity contribution in [3.63, 3.8) is 0 Å². The molecule has 0 heterocycles. The van der Waals surface area contributed by atoms with Crippen LogP contribution >= 0.6 is 7.82 Å². The third kappa shape index (κ3) is 4.49. The molecule has 0 saturated heterocycles. The zero-order chi connectivity index (χ0) is 25.2. The fourth-order valence-electron chi connectivity index (χ4n) is 7.26. The van der Waals surface area contributed by atoms with Crippen LogP contribution in [0.25, 0.3) is 0 Å². The molecule has 11 nitrogen and oxygen atoms in total. The third-order valence-corrected chi connectivity index (χ3v) is 8.79. The lowest BCUT2D eigenvalue weighted by atomic mass is 9.44. The molecule has 4 aliphatic carbocycles. The second kappa shape index (κ2) is 9.85. The van der Waals surface area contributed by atoms with E-state index in [-0.39, 0.29) is 29.1 Å². The van der Waals surface area contributed by atoms with Crippen LogP contribution in [0.1, 0.15) is 46.5 Å². The molecule has 0 aliphatic heterocycles. The fourth-order valence-corrected chi connectivity index (χ4v) is 7.26. The minimum Gasteiger partial charge on any atom is -0.412 e. The monoisotopic (exact) mass is 526 g/mol. The summed E-state index contributed by atoms with van der Waals surface area (Å²) >= 11 is 0. The molecule has 35 heavy (non-hydrogen) atoms. The van der Waals surface area contributed by atoms with Crippen LogP contribution in [0.15, 0.2) is 23.8 Å². The number of Topliss-reactive ketones (excluding diaryl/α,β-unsaturated/α-hetero) is 1. The molecule has 3 saturated carbocycles. The maximum absolute atomic E-state index is 16.9. The molecule has 13 heteroatoms. The number of aliphatic hydroxyl groups is 3. The molecular formula is C22H36FO11P. The number of ketones is 2. The summed E-state index contributed by atoms with van der Waals surface area (Å²) in [4.78, 5) is 45.9. The summed E-state index contributed by atoms with van der Waals surface area (Å²) in [6.07, 6.45) is 4.44. The topological polar surface area (TPSA) is 236 Å². The molecule has 4 aliphatic rings. The Bertz CT molecular complexity index is 955. The van der Waals surface area contributed by atoms with Crippen molar-refractivity contribution in [1.29, 1.82) is 0 Å². The van der Waals surface area contributed by atoms with Crippen LogP contribution in [0, 0.1) is 28.6 Å². The summed E-state index contributed by atoms with van der Waals surface area (Å²) in [6, 6.07) is 0. The van der Waals surface area contributed by atoms with Crippen molar-refractivity contribution in [2.45, 2.75) is 63.8 Å². The Hall–Kier alpha value is -1.34. The van der Waals surface area contributed by atoms with Gasteiger partial charge in [0.05, 0.1) is 6.10 Å². The van der Waals surface area contributed by atoms with Gasteiger partial charge in [0, 0.05) is 16.7 Å². The minimum atomic E-state index is -4.64. The van der Waals surface area contributed by atoms with E-state index < -0.39 is 60.3 Å². The summed E-state index contributed by atoms with van der Waals surface area (Å²) in [6.45, 7) is 4.48. The molecule has 8 atom stereocenters. The predicted octanol–water partition coefficient (Wildman–Crippen LogP) is -0.682. The molecule has 0 aromatic carbocycles. The highest BCUT2D eigenvalue weighted by molar-refractivity contribution is 7.45. The van der Waals surface area contributed by atoms with Gasteiger partial charge in [-0.05, 0) is 56.6 Å². The maximum Gasteiger partial charge on any atom is 0.466 e. The quantitative estimate of drug-likeness (QED) is 0.250. The predicted molar refractivity (Wildman–Crippen MR) is 121 cm³/mol. The van der Waals surface area contributed by atoms with Crippen LogP contribution in [0.4, 0.5) is 4.39 Å². The van der Waals surface area contributed by atoms with Gasteiger partial charge in [-0.3, -0.25) is 9.59 Å². The van der Waals surface area contributed by atoms with Gasteiger partial charge in [-0.25, -0.2) is 8.96 Å². The normalized spacial score (nSPS) is 43.7. The minimum absolute atomic E-state index is 0. The van der Waals surface area contributed by atoms with E-state index in [0.29, 0.717) is 24.8 Å². The summed E-state index contributed by atoms with van der Waals surface area (Å²) in [7, 11) is -4.64. The second-order valence-corrected chi connectivity index (χ2v) is 11.3. The molecule has 3 fully saturated rings. The largest absolute Gasteiger partial charge is 0.466 e. The first-order chi connectivity index (χ1) is 15.0. The highest BCUT2D eigenvalue weighted by Gasteiger charge is 2.75. The standard InChI is InChI=1S/C22H29FO5.H3O4P.2H2O/c1-12-8-16-15-5-4-13-9-14(25)6-7-19(13,2)21(15,23)17(26)10-20(16,3)22(12,28)18(27)11-24;1-5(2,3)4;;/h6-7,9,12,15-17,24,26,28H,4-5,8,10-11H2,1-3H3;(H3,1,2,3,4);2*1H2/t12-,15-,16-,17-,19-,20-,21-,22-;;;/m0.../s1. The summed E-state index contributed by atoms with van der Waals surface area (Å²) in [5.41, 5.74) is -5.17. The van der Waals surface area contributed by atoms with Gasteiger partial charge in [0.15, 0.2) is 17.2 Å². The van der Waals surface area contributed by atoms with E-state index in [1.54, 1.807) is 26.8 Å². The van der Waals surface area contributed by atoms with E-state index in [9.17, 15) is 24.9 Å². The number of halogens is 1. The van der Waals surface area contributed by atoms with Crippen LogP contribution < -0.4 is 0 Å². The van der Waals surface area contributed by atoms with Crippen LogP contribution in [0.3, 0.4) is 0 Å². The Kier molecular flexibility index (Phi) is 8.92. The first kappa shape index (κ1) is 31.7. The molecule has 0 bridgehead atoms. The third-order valence-electron chi connectivity index (χ3n) is 8.79. The van der Waals surface area contributed by atoms with Crippen molar-refractivity contribution in [3.05, 3.63) is 23.8 Å². The average Bonchev–Trinajstić information content (AvgIpc) is 2.89. The maximum atomic E-state index is 16.9. The number of alkyl halides is 1. The molecule has 0 amide bonds. The molecular weight excluding hydrogens is 490 g/mol. The highest BCUT2D eigenvalue weighted by Crippen LogP contribution is 2.70. The van der Waals surface area contributed by atoms with Crippen LogP contribution in [-0.2, 0) is 14.2 Å². The molecule has 0 radical (unpaired) electrons. The van der Waals surface area contributed by atoms with E-state index in [1.807, 2.05) is 0 Å². The second-order valence-electron chi connectivity index (χ2n) is 10.3. The number of carbonyl (C=O) groups is 2. The summed E-state index contributed by atoms with van der Waals surface area (Å²) in [5.74, 6) is -2.12. The van der Waals surface area contributed by atoms with Crippen molar-refractivity contribution in [1.82, 2.24) is 0 Å². The van der Waals surface area contributed by atoms with Gasteiger partial charge < -0.3 is 41.0 Å². The number of fused-ring (bicyclic) bond motifs is 5.